The van der Waals surface area contributed by atoms with Crippen molar-refractivity contribution >= 4 is 29.0 Å². The van der Waals surface area contributed by atoms with Crippen LogP contribution in [0.1, 0.15) is 28.5 Å². The molecule has 0 saturated heterocycles. The van der Waals surface area contributed by atoms with Gasteiger partial charge in [0.15, 0.2) is 0 Å². The van der Waals surface area contributed by atoms with Crippen LogP contribution in [0.3, 0.4) is 0 Å². The van der Waals surface area contributed by atoms with E-state index in [0.29, 0.717) is 22.3 Å². The van der Waals surface area contributed by atoms with E-state index in [1.165, 1.54) is 12.1 Å². The third kappa shape index (κ3) is 4.15. The predicted molar refractivity (Wildman–Crippen MR) is 100.0 cm³/mol. The quantitative estimate of drug-likeness (QED) is 0.623. The molecule has 6 nitrogen and oxygen atoms in total. The molecule has 0 aliphatic rings. The molecule has 0 aliphatic heterocycles. The van der Waals surface area contributed by atoms with Gasteiger partial charge < -0.3 is 14.6 Å². The Kier molecular flexibility index (Phi) is 5.83. The molecule has 3 rings (SSSR count). The van der Waals surface area contributed by atoms with Crippen LogP contribution in [0.4, 0.5) is 4.39 Å². The highest BCUT2D eigenvalue weighted by atomic mass is 19.1. The summed E-state index contributed by atoms with van der Waals surface area (Å²) in [5, 5.41) is 16.9. The SMILES string of the molecule is CCOC(=O)c1ccc2n[nH]c(/C=C/c3ccc(F)cc3)c2c1OCCO. The maximum absolute atomic E-state index is 13.0. The highest BCUT2D eigenvalue weighted by molar-refractivity contribution is 6.03. The lowest BCUT2D eigenvalue weighted by atomic mass is 10.1. The van der Waals surface area contributed by atoms with Crippen LogP contribution in [-0.4, -0.2) is 41.1 Å². The van der Waals surface area contributed by atoms with Crippen LogP contribution in [0.5, 0.6) is 5.75 Å². The molecule has 0 radical (unpaired) electrons. The van der Waals surface area contributed by atoms with Crippen molar-refractivity contribution in [2.24, 2.45) is 0 Å². The number of halogens is 1. The summed E-state index contributed by atoms with van der Waals surface area (Å²) in [5.41, 5.74) is 2.29. The van der Waals surface area contributed by atoms with E-state index in [4.69, 9.17) is 14.6 Å². The average Bonchev–Trinajstić information content (AvgIpc) is 3.09. The van der Waals surface area contributed by atoms with Gasteiger partial charge in [-0.25, -0.2) is 9.18 Å². The molecule has 3 aromatic rings. The number of nitrogens with one attached hydrogen (secondary N) is 1. The summed E-state index contributed by atoms with van der Waals surface area (Å²) in [7, 11) is 0. The number of carbonyl (C=O) groups excluding carboxylic acids is 1. The highest BCUT2D eigenvalue weighted by Crippen LogP contribution is 2.33. The molecule has 0 fully saturated rings. The molecule has 27 heavy (non-hydrogen) atoms. The van der Waals surface area contributed by atoms with Crippen molar-refractivity contribution in [3.8, 4) is 5.75 Å². The van der Waals surface area contributed by atoms with Gasteiger partial charge in [-0.1, -0.05) is 18.2 Å². The third-order valence-corrected chi connectivity index (χ3v) is 3.85. The summed E-state index contributed by atoms with van der Waals surface area (Å²) < 4.78 is 23.8. The Morgan fingerprint density at radius 1 is 1.22 bits per heavy atom. The highest BCUT2D eigenvalue weighted by Gasteiger charge is 2.20. The molecular weight excluding hydrogens is 351 g/mol. The van der Waals surface area contributed by atoms with Crippen molar-refractivity contribution in [2.45, 2.75) is 6.92 Å². The number of carbonyl (C=O) groups is 1. The van der Waals surface area contributed by atoms with Crippen LogP contribution >= 0.6 is 0 Å². The number of aromatic amines is 1. The molecule has 2 N–H and O–H groups in total. The van der Waals surface area contributed by atoms with Gasteiger partial charge in [0, 0.05) is 0 Å². The fourth-order valence-corrected chi connectivity index (χ4v) is 2.64. The van der Waals surface area contributed by atoms with Crippen molar-refractivity contribution in [2.75, 3.05) is 19.8 Å². The van der Waals surface area contributed by atoms with E-state index in [0.717, 1.165) is 5.56 Å². The van der Waals surface area contributed by atoms with Crippen LogP contribution < -0.4 is 4.74 Å². The number of benzene rings is 2. The number of H-pyrrole nitrogens is 1. The lowest BCUT2D eigenvalue weighted by Crippen LogP contribution is -2.10. The lowest BCUT2D eigenvalue weighted by molar-refractivity contribution is 0.0521. The Labute approximate surface area is 155 Å². The van der Waals surface area contributed by atoms with Crippen LogP contribution in [0.2, 0.25) is 0 Å². The number of rotatable bonds is 7. The topological polar surface area (TPSA) is 84.4 Å². The van der Waals surface area contributed by atoms with E-state index in [1.807, 2.05) is 0 Å². The molecule has 0 atom stereocenters. The number of hydrogen-bond acceptors (Lipinski definition) is 5. The van der Waals surface area contributed by atoms with Crippen molar-refractivity contribution in [3.05, 3.63) is 59.0 Å². The summed E-state index contributed by atoms with van der Waals surface area (Å²) in [6.07, 6.45) is 3.56. The normalized spacial score (nSPS) is 11.2. The molecule has 0 unspecified atom stereocenters. The minimum Gasteiger partial charge on any atom is -0.489 e. The van der Waals surface area contributed by atoms with Gasteiger partial charge in [0.1, 0.15) is 23.7 Å². The summed E-state index contributed by atoms with van der Waals surface area (Å²) in [6.45, 7) is 1.79. The number of aliphatic hydroxyl groups is 1. The first-order valence-corrected chi connectivity index (χ1v) is 8.49. The van der Waals surface area contributed by atoms with Gasteiger partial charge in [-0.05, 0) is 42.8 Å². The van der Waals surface area contributed by atoms with Gasteiger partial charge in [0.25, 0.3) is 0 Å². The molecule has 2 aromatic carbocycles. The second kappa shape index (κ2) is 8.46. The summed E-state index contributed by atoms with van der Waals surface area (Å²) in [6, 6.07) is 9.33. The van der Waals surface area contributed by atoms with E-state index in [-0.39, 0.29) is 31.2 Å². The molecule has 1 aromatic heterocycles. The van der Waals surface area contributed by atoms with Crippen molar-refractivity contribution < 1.29 is 23.8 Å². The van der Waals surface area contributed by atoms with Crippen LogP contribution in [-0.2, 0) is 4.74 Å². The maximum Gasteiger partial charge on any atom is 0.341 e. The Morgan fingerprint density at radius 3 is 2.70 bits per heavy atom. The number of fused-ring (bicyclic) bond motifs is 1. The summed E-state index contributed by atoms with van der Waals surface area (Å²) >= 11 is 0. The second-order valence-electron chi connectivity index (χ2n) is 5.65. The number of hydrogen-bond donors (Lipinski definition) is 2. The number of aromatic nitrogens is 2. The molecule has 0 aliphatic carbocycles. The predicted octanol–water partition coefficient (Wildman–Crippen LogP) is 3.42. The Balaban J connectivity index is 2.06. The Morgan fingerprint density at radius 2 is 2.00 bits per heavy atom. The fourth-order valence-electron chi connectivity index (χ4n) is 2.64. The number of ether oxygens (including phenoxy) is 2. The van der Waals surface area contributed by atoms with E-state index in [2.05, 4.69) is 10.2 Å². The van der Waals surface area contributed by atoms with E-state index in [9.17, 15) is 9.18 Å². The minimum absolute atomic E-state index is 0.0256. The zero-order valence-corrected chi connectivity index (χ0v) is 14.7. The first kappa shape index (κ1) is 18.6. The molecule has 0 bridgehead atoms. The number of esters is 1. The Bertz CT molecular complexity index is 964. The zero-order valence-electron chi connectivity index (χ0n) is 14.7. The molecule has 0 amide bonds. The monoisotopic (exact) mass is 370 g/mol. The largest absolute Gasteiger partial charge is 0.489 e. The third-order valence-electron chi connectivity index (χ3n) is 3.85. The van der Waals surface area contributed by atoms with Gasteiger partial charge in [0.05, 0.1) is 29.8 Å². The summed E-state index contributed by atoms with van der Waals surface area (Å²) in [5.74, 6) is -0.521. The van der Waals surface area contributed by atoms with Gasteiger partial charge in [-0.3, -0.25) is 5.10 Å². The molecule has 7 heteroatoms. The van der Waals surface area contributed by atoms with Gasteiger partial charge in [-0.15, -0.1) is 0 Å². The van der Waals surface area contributed by atoms with Crippen LogP contribution in [0.15, 0.2) is 36.4 Å². The number of nitrogens with zero attached hydrogens (tertiary/aromatic N) is 1. The van der Waals surface area contributed by atoms with E-state index >= 15 is 0 Å². The molecule has 140 valence electrons. The Hall–Kier alpha value is -3.19. The van der Waals surface area contributed by atoms with Crippen molar-refractivity contribution in [1.29, 1.82) is 0 Å². The zero-order chi connectivity index (χ0) is 19.2. The molecule has 1 heterocycles. The van der Waals surface area contributed by atoms with Crippen LogP contribution in [0, 0.1) is 5.82 Å². The minimum atomic E-state index is -0.512. The standard InChI is InChI=1S/C20H19FN2O4/c1-2-26-20(25)15-8-10-17-18(19(15)27-12-11-24)16(22-23-17)9-5-13-3-6-14(21)7-4-13/h3-10,24H,2,11-12H2,1H3,(H,22,23)/b9-5+. The van der Waals surface area contributed by atoms with Gasteiger partial charge in [-0.2, -0.15) is 5.10 Å². The van der Waals surface area contributed by atoms with E-state index < -0.39 is 5.97 Å². The van der Waals surface area contributed by atoms with Crippen molar-refractivity contribution in [3.63, 3.8) is 0 Å². The molecular formula is C20H19FN2O4. The van der Waals surface area contributed by atoms with E-state index in [1.54, 1.807) is 43.3 Å². The smallest absolute Gasteiger partial charge is 0.341 e. The average molecular weight is 370 g/mol. The number of aliphatic hydroxyl groups excluding tert-OH is 1. The lowest BCUT2D eigenvalue weighted by Gasteiger charge is -2.11. The molecule has 0 spiro atoms. The summed E-state index contributed by atoms with van der Waals surface area (Å²) in [4.78, 5) is 12.3. The molecule has 0 saturated carbocycles. The van der Waals surface area contributed by atoms with Crippen molar-refractivity contribution in [1.82, 2.24) is 10.2 Å². The van der Waals surface area contributed by atoms with Crippen LogP contribution in [0.25, 0.3) is 23.1 Å². The second-order valence-corrected chi connectivity index (χ2v) is 5.65. The van der Waals surface area contributed by atoms with Gasteiger partial charge in [0.2, 0.25) is 0 Å². The van der Waals surface area contributed by atoms with Gasteiger partial charge >= 0.3 is 5.97 Å². The fraction of sp³-hybridized carbons (Fsp3) is 0.200. The first-order valence-electron chi connectivity index (χ1n) is 8.49. The maximum atomic E-state index is 13.0. The first-order chi connectivity index (χ1) is 13.1.